The number of hydrogen-bond donors (Lipinski definition) is 1. The lowest BCUT2D eigenvalue weighted by Gasteiger charge is -2.25. The molecule has 0 aliphatic rings. The van der Waals surface area contributed by atoms with Gasteiger partial charge in [-0.2, -0.15) is 0 Å². The van der Waals surface area contributed by atoms with Crippen LogP contribution in [0.3, 0.4) is 0 Å². The summed E-state index contributed by atoms with van der Waals surface area (Å²) in [5, 5.41) is 8.39. The summed E-state index contributed by atoms with van der Waals surface area (Å²) in [4.78, 5) is 10.3. The van der Waals surface area contributed by atoms with Crippen LogP contribution in [-0.2, 0) is 14.8 Å². The predicted molar refractivity (Wildman–Crippen MR) is 53.5 cm³/mol. The van der Waals surface area contributed by atoms with Crippen LogP contribution in [0.15, 0.2) is 0 Å². The minimum absolute atomic E-state index is 0.180. The molecule has 0 rings (SSSR count). The molecule has 6 heteroatoms. The Labute approximate surface area is 84.8 Å². The summed E-state index contributed by atoms with van der Waals surface area (Å²) in [5.74, 6) is -2.18. The molecule has 0 aliphatic carbocycles. The Morgan fingerprint density at radius 1 is 1.36 bits per heavy atom. The van der Waals surface area contributed by atoms with E-state index in [1.165, 1.54) is 7.05 Å². The van der Waals surface area contributed by atoms with E-state index in [0.29, 0.717) is 6.54 Å². The average Bonchev–Trinajstić information content (AvgIpc) is 1.79. The minimum Gasteiger partial charge on any atom is -0.480 e. The summed E-state index contributed by atoms with van der Waals surface area (Å²) in [6.07, 6.45) is 0. The first-order chi connectivity index (χ1) is 6.04. The van der Waals surface area contributed by atoms with Crippen molar-refractivity contribution in [2.24, 2.45) is 5.41 Å². The molecule has 0 spiro atoms. The van der Waals surface area contributed by atoms with Crippen molar-refractivity contribution >= 4 is 16.0 Å². The Morgan fingerprint density at radius 3 is 2.07 bits per heavy atom. The van der Waals surface area contributed by atoms with E-state index >= 15 is 0 Å². The number of aliphatic carboxylic acids is 1. The molecule has 0 fully saturated rings. The van der Waals surface area contributed by atoms with Crippen LogP contribution in [0.4, 0.5) is 0 Å². The largest absolute Gasteiger partial charge is 0.480 e. The Balaban J connectivity index is 4.53. The van der Waals surface area contributed by atoms with Crippen molar-refractivity contribution in [3.63, 3.8) is 0 Å². The highest BCUT2D eigenvalue weighted by Gasteiger charge is 2.25. The Hall–Kier alpha value is -0.620. The Kier molecular flexibility index (Phi) is 4.08. The molecule has 0 amide bonds. The van der Waals surface area contributed by atoms with E-state index < -0.39 is 21.7 Å². The van der Waals surface area contributed by atoms with E-state index in [0.717, 1.165) is 4.31 Å². The fourth-order valence-corrected chi connectivity index (χ4v) is 2.15. The van der Waals surface area contributed by atoms with E-state index in [1.807, 2.05) is 20.8 Å². The smallest absolute Gasteiger partial charge is 0.320 e. The fraction of sp³-hybridized carbons (Fsp3) is 0.875. The fourth-order valence-electron chi connectivity index (χ4n) is 1.03. The molecule has 0 aliphatic heterocycles. The third-order valence-electron chi connectivity index (χ3n) is 1.48. The van der Waals surface area contributed by atoms with Crippen molar-refractivity contribution in [3.8, 4) is 0 Å². The van der Waals surface area contributed by atoms with Crippen LogP contribution in [0.25, 0.3) is 0 Å². The number of carboxylic acid groups (broad SMARTS) is 1. The van der Waals surface area contributed by atoms with Gasteiger partial charge in [-0.3, -0.25) is 4.79 Å². The zero-order valence-electron chi connectivity index (χ0n) is 8.94. The first kappa shape index (κ1) is 13.4. The maximum absolute atomic E-state index is 11.4. The lowest BCUT2D eigenvalue weighted by molar-refractivity contribution is -0.134. The summed E-state index contributed by atoms with van der Waals surface area (Å²) < 4.78 is 23.8. The number of carboxylic acids is 1. The van der Waals surface area contributed by atoms with E-state index in [-0.39, 0.29) is 5.41 Å². The standard InChI is InChI=1S/C8H17NO4S/c1-8(2,3)6-9(4)14(12,13)5-7(10)11/h5-6H2,1-4H3,(H,10,11). The van der Waals surface area contributed by atoms with Gasteiger partial charge in [-0.15, -0.1) is 0 Å². The molecule has 0 bridgehead atoms. The molecule has 84 valence electrons. The van der Waals surface area contributed by atoms with Crippen LogP contribution in [0.5, 0.6) is 0 Å². The second kappa shape index (κ2) is 4.27. The second-order valence-corrected chi connectivity index (χ2v) is 6.54. The lowest BCUT2D eigenvalue weighted by Crippen LogP contribution is -2.37. The molecule has 0 aromatic heterocycles. The molecular weight excluding hydrogens is 206 g/mol. The van der Waals surface area contributed by atoms with Gasteiger partial charge < -0.3 is 5.11 Å². The average molecular weight is 223 g/mol. The third kappa shape index (κ3) is 5.18. The van der Waals surface area contributed by atoms with Crippen molar-refractivity contribution in [1.82, 2.24) is 4.31 Å². The van der Waals surface area contributed by atoms with E-state index in [2.05, 4.69) is 0 Å². The van der Waals surface area contributed by atoms with Gasteiger partial charge >= 0.3 is 5.97 Å². The maximum Gasteiger partial charge on any atom is 0.320 e. The van der Waals surface area contributed by atoms with Crippen LogP contribution >= 0.6 is 0 Å². The molecule has 0 aromatic rings. The number of rotatable bonds is 4. The summed E-state index contributed by atoms with van der Waals surface area (Å²) >= 11 is 0. The highest BCUT2D eigenvalue weighted by molar-refractivity contribution is 7.89. The number of nitrogens with zero attached hydrogens (tertiary/aromatic N) is 1. The molecule has 0 atom stereocenters. The van der Waals surface area contributed by atoms with E-state index in [9.17, 15) is 13.2 Å². The number of carbonyl (C=O) groups is 1. The van der Waals surface area contributed by atoms with Crippen LogP contribution in [-0.4, -0.2) is 43.1 Å². The van der Waals surface area contributed by atoms with Crippen molar-refractivity contribution < 1.29 is 18.3 Å². The zero-order chi connectivity index (χ0) is 11.6. The van der Waals surface area contributed by atoms with Crippen LogP contribution in [0.2, 0.25) is 0 Å². The van der Waals surface area contributed by atoms with E-state index in [1.54, 1.807) is 0 Å². The molecule has 5 nitrogen and oxygen atoms in total. The second-order valence-electron chi connectivity index (χ2n) is 4.47. The summed E-state index contributed by atoms with van der Waals surface area (Å²) in [7, 11) is -2.27. The van der Waals surface area contributed by atoms with Gasteiger partial charge in [-0.25, -0.2) is 12.7 Å². The molecule has 0 saturated heterocycles. The molecule has 0 unspecified atom stereocenters. The topological polar surface area (TPSA) is 74.7 Å². The summed E-state index contributed by atoms with van der Waals surface area (Å²) in [6, 6.07) is 0. The van der Waals surface area contributed by atoms with Gasteiger partial charge in [0.05, 0.1) is 0 Å². The Bertz CT molecular complexity index is 302. The van der Waals surface area contributed by atoms with Gasteiger partial charge in [0.1, 0.15) is 0 Å². The van der Waals surface area contributed by atoms with E-state index in [4.69, 9.17) is 5.11 Å². The quantitative estimate of drug-likeness (QED) is 0.747. The molecular formula is C8H17NO4S. The Morgan fingerprint density at radius 2 is 1.79 bits per heavy atom. The zero-order valence-corrected chi connectivity index (χ0v) is 9.76. The van der Waals surface area contributed by atoms with Gasteiger partial charge in [0.25, 0.3) is 0 Å². The lowest BCUT2D eigenvalue weighted by atomic mass is 9.97. The monoisotopic (exact) mass is 223 g/mol. The van der Waals surface area contributed by atoms with Crippen molar-refractivity contribution in [2.45, 2.75) is 20.8 Å². The third-order valence-corrected chi connectivity index (χ3v) is 3.17. The van der Waals surface area contributed by atoms with Gasteiger partial charge in [0, 0.05) is 13.6 Å². The molecule has 0 radical (unpaired) electrons. The van der Waals surface area contributed by atoms with Crippen molar-refractivity contribution in [2.75, 3.05) is 19.3 Å². The molecule has 14 heavy (non-hydrogen) atoms. The first-order valence-corrected chi connectivity index (χ1v) is 5.81. The summed E-state index contributed by atoms with van der Waals surface area (Å²) in [6.45, 7) is 5.97. The highest BCUT2D eigenvalue weighted by Crippen LogP contribution is 2.16. The van der Waals surface area contributed by atoms with Crippen LogP contribution in [0, 0.1) is 5.41 Å². The van der Waals surface area contributed by atoms with Gasteiger partial charge in [-0.05, 0) is 5.41 Å². The van der Waals surface area contributed by atoms with Gasteiger partial charge in [-0.1, -0.05) is 20.8 Å². The predicted octanol–water partition coefficient (Wildman–Crippen LogP) is 0.379. The maximum atomic E-state index is 11.4. The minimum atomic E-state index is -3.66. The van der Waals surface area contributed by atoms with Crippen LogP contribution in [0.1, 0.15) is 20.8 Å². The van der Waals surface area contributed by atoms with Crippen molar-refractivity contribution in [3.05, 3.63) is 0 Å². The number of hydrogen-bond acceptors (Lipinski definition) is 3. The number of sulfonamides is 1. The van der Waals surface area contributed by atoms with Crippen LogP contribution < -0.4 is 0 Å². The molecule has 0 aromatic carbocycles. The molecule has 0 heterocycles. The molecule has 0 saturated carbocycles. The van der Waals surface area contributed by atoms with Gasteiger partial charge in [0.2, 0.25) is 10.0 Å². The highest BCUT2D eigenvalue weighted by atomic mass is 32.2. The first-order valence-electron chi connectivity index (χ1n) is 4.20. The van der Waals surface area contributed by atoms with Gasteiger partial charge in [0.15, 0.2) is 5.75 Å². The SMILES string of the molecule is CN(CC(C)(C)C)S(=O)(=O)CC(=O)O. The van der Waals surface area contributed by atoms with Crippen molar-refractivity contribution in [1.29, 1.82) is 0 Å². The molecule has 1 N–H and O–H groups in total. The summed E-state index contributed by atoms with van der Waals surface area (Å²) in [5.41, 5.74) is -0.180. The normalized spacial score (nSPS) is 13.2.